The molecule has 0 atom stereocenters. The Morgan fingerprint density at radius 3 is 2.70 bits per heavy atom. The SMILES string of the molecule is O=C(NC1CCC(CO)CC1)c1cc2ccccc2o1. The van der Waals surface area contributed by atoms with E-state index in [2.05, 4.69) is 5.32 Å². The van der Waals surface area contributed by atoms with Crippen molar-refractivity contribution in [2.24, 2.45) is 5.92 Å². The molecule has 2 aromatic rings. The largest absolute Gasteiger partial charge is 0.451 e. The van der Waals surface area contributed by atoms with E-state index in [0.29, 0.717) is 11.7 Å². The average molecular weight is 273 g/mol. The van der Waals surface area contributed by atoms with Crippen LogP contribution in [0.3, 0.4) is 0 Å². The fraction of sp³-hybridized carbons (Fsp3) is 0.438. The summed E-state index contributed by atoms with van der Waals surface area (Å²) in [7, 11) is 0. The normalized spacial score (nSPS) is 22.9. The second-order valence-corrected chi connectivity index (χ2v) is 5.52. The van der Waals surface area contributed by atoms with E-state index in [1.54, 1.807) is 6.07 Å². The van der Waals surface area contributed by atoms with Gasteiger partial charge in [0.05, 0.1) is 0 Å². The van der Waals surface area contributed by atoms with Crippen molar-refractivity contribution in [1.29, 1.82) is 0 Å². The van der Waals surface area contributed by atoms with Gasteiger partial charge in [-0.3, -0.25) is 4.79 Å². The second kappa shape index (κ2) is 5.67. The summed E-state index contributed by atoms with van der Waals surface area (Å²) >= 11 is 0. The van der Waals surface area contributed by atoms with E-state index in [4.69, 9.17) is 9.52 Å². The highest BCUT2D eigenvalue weighted by Crippen LogP contribution is 2.24. The number of hydrogen-bond acceptors (Lipinski definition) is 3. The van der Waals surface area contributed by atoms with Gasteiger partial charge in [0, 0.05) is 18.0 Å². The fourth-order valence-electron chi connectivity index (χ4n) is 2.84. The van der Waals surface area contributed by atoms with Crippen LogP contribution in [-0.4, -0.2) is 23.7 Å². The van der Waals surface area contributed by atoms with Crippen LogP contribution in [0.4, 0.5) is 0 Å². The molecule has 0 bridgehead atoms. The van der Waals surface area contributed by atoms with Gasteiger partial charge in [-0.1, -0.05) is 18.2 Å². The number of carbonyl (C=O) groups is 1. The van der Waals surface area contributed by atoms with Gasteiger partial charge in [-0.25, -0.2) is 0 Å². The predicted molar refractivity (Wildman–Crippen MR) is 76.5 cm³/mol. The quantitative estimate of drug-likeness (QED) is 0.903. The summed E-state index contributed by atoms with van der Waals surface area (Å²) in [5, 5.41) is 13.1. The monoisotopic (exact) mass is 273 g/mol. The van der Waals surface area contributed by atoms with Gasteiger partial charge in [-0.2, -0.15) is 0 Å². The third-order valence-corrected chi connectivity index (χ3v) is 4.09. The first kappa shape index (κ1) is 13.2. The van der Waals surface area contributed by atoms with Gasteiger partial charge in [-0.15, -0.1) is 0 Å². The molecule has 0 spiro atoms. The van der Waals surface area contributed by atoms with Crippen molar-refractivity contribution in [2.45, 2.75) is 31.7 Å². The zero-order chi connectivity index (χ0) is 13.9. The Morgan fingerprint density at radius 1 is 1.25 bits per heavy atom. The Balaban J connectivity index is 1.64. The molecule has 1 aliphatic rings. The highest BCUT2D eigenvalue weighted by molar-refractivity contribution is 5.96. The van der Waals surface area contributed by atoms with E-state index in [0.717, 1.165) is 36.7 Å². The molecule has 1 aliphatic carbocycles. The number of rotatable bonds is 3. The van der Waals surface area contributed by atoms with Crippen LogP contribution in [0, 0.1) is 5.92 Å². The number of benzene rings is 1. The van der Waals surface area contributed by atoms with Crippen molar-refractivity contribution < 1.29 is 14.3 Å². The maximum atomic E-state index is 12.2. The lowest BCUT2D eigenvalue weighted by molar-refractivity contribution is 0.0888. The molecular formula is C16H19NO3. The van der Waals surface area contributed by atoms with Crippen LogP contribution in [0.25, 0.3) is 11.0 Å². The minimum Gasteiger partial charge on any atom is -0.451 e. The Hall–Kier alpha value is -1.81. The van der Waals surface area contributed by atoms with Crippen molar-refractivity contribution in [3.63, 3.8) is 0 Å². The standard InChI is InChI=1S/C16H19NO3/c18-10-11-5-7-13(8-6-11)17-16(19)15-9-12-3-1-2-4-14(12)20-15/h1-4,9,11,13,18H,5-8,10H2,(H,17,19). The maximum Gasteiger partial charge on any atom is 0.287 e. The van der Waals surface area contributed by atoms with Crippen LogP contribution < -0.4 is 5.32 Å². The lowest BCUT2D eigenvalue weighted by Gasteiger charge is -2.27. The Morgan fingerprint density at radius 2 is 2.00 bits per heavy atom. The van der Waals surface area contributed by atoms with Gasteiger partial charge in [0.25, 0.3) is 5.91 Å². The lowest BCUT2D eigenvalue weighted by atomic mass is 9.86. The summed E-state index contributed by atoms with van der Waals surface area (Å²) in [6, 6.07) is 9.59. The topological polar surface area (TPSA) is 62.5 Å². The molecular weight excluding hydrogens is 254 g/mol. The minimum atomic E-state index is -0.145. The first-order valence-electron chi connectivity index (χ1n) is 7.16. The van der Waals surface area contributed by atoms with Gasteiger partial charge in [-0.05, 0) is 43.7 Å². The molecule has 4 heteroatoms. The third kappa shape index (κ3) is 2.70. The van der Waals surface area contributed by atoms with E-state index in [1.165, 1.54) is 0 Å². The molecule has 1 aromatic heterocycles. The molecule has 0 aliphatic heterocycles. The summed E-state index contributed by atoms with van der Waals surface area (Å²) in [5.41, 5.74) is 0.738. The van der Waals surface area contributed by atoms with Gasteiger partial charge >= 0.3 is 0 Å². The Kier molecular flexibility index (Phi) is 3.74. The first-order chi connectivity index (χ1) is 9.76. The molecule has 4 nitrogen and oxygen atoms in total. The Labute approximate surface area is 117 Å². The van der Waals surface area contributed by atoms with Crippen molar-refractivity contribution in [2.75, 3.05) is 6.61 Å². The van der Waals surface area contributed by atoms with Gasteiger partial charge in [0.2, 0.25) is 0 Å². The zero-order valence-electron chi connectivity index (χ0n) is 11.3. The van der Waals surface area contributed by atoms with Crippen molar-refractivity contribution >= 4 is 16.9 Å². The van der Waals surface area contributed by atoms with Gasteiger partial charge < -0.3 is 14.8 Å². The molecule has 1 saturated carbocycles. The van der Waals surface area contributed by atoms with Crippen LogP contribution in [0.15, 0.2) is 34.7 Å². The van der Waals surface area contributed by atoms with E-state index in [-0.39, 0.29) is 18.6 Å². The van der Waals surface area contributed by atoms with E-state index in [9.17, 15) is 4.79 Å². The van der Waals surface area contributed by atoms with Crippen LogP contribution in [0.1, 0.15) is 36.2 Å². The summed E-state index contributed by atoms with van der Waals surface area (Å²) in [5.74, 6) is 0.624. The number of aliphatic hydroxyl groups is 1. The molecule has 2 N–H and O–H groups in total. The second-order valence-electron chi connectivity index (χ2n) is 5.52. The number of fused-ring (bicyclic) bond motifs is 1. The molecule has 20 heavy (non-hydrogen) atoms. The molecule has 0 unspecified atom stereocenters. The molecule has 1 amide bonds. The number of nitrogens with one attached hydrogen (secondary N) is 1. The molecule has 1 aromatic carbocycles. The van der Waals surface area contributed by atoms with Crippen molar-refractivity contribution in [3.05, 3.63) is 36.1 Å². The summed E-state index contributed by atoms with van der Waals surface area (Å²) in [4.78, 5) is 12.2. The van der Waals surface area contributed by atoms with Gasteiger partial charge in [0.1, 0.15) is 5.58 Å². The minimum absolute atomic E-state index is 0.145. The highest BCUT2D eigenvalue weighted by atomic mass is 16.3. The van der Waals surface area contributed by atoms with Gasteiger partial charge in [0.15, 0.2) is 5.76 Å². The van der Waals surface area contributed by atoms with E-state index >= 15 is 0 Å². The van der Waals surface area contributed by atoms with Crippen LogP contribution in [0.2, 0.25) is 0 Å². The number of furan rings is 1. The molecule has 1 fully saturated rings. The van der Waals surface area contributed by atoms with Crippen molar-refractivity contribution in [1.82, 2.24) is 5.32 Å². The lowest BCUT2D eigenvalue weighted by Crippen LogP contribution is -2.37. The zero-order valence-corrected chi connectivity index (χ0v) is 11.3. The number of amides is 1. The molecule has 106 valence electrons. The van der Waals surface area contributed by atoms with Crippen LogP contribution in [0.5, 0.6) is 0 Å². The van der Waals surface area contributed by atoms with E-state index in [1.807, 2.05) is 24.3 Å². The average Bonchev–Trinajstić information content (AvgIpc) is 2.92. The van der Waals surface area contributed by atoms with Crippen LogP contribution in [-0.2, 0) is 0 Å². The first-order valence-corrected chi connectivity index (χ1v) is 7.16. The predicted octanol–water partition coefficient (Wildman–Crippen LogP) is 2.71. The third-order valence-electron chi connectivity index (χ3n) is 4.09. The summed E-state index contributed by atoms with van der Waals surface area (Å²) < 4.78 is 5.56. The molecule has 1 heterocycles. The molecule has 0 saturated heterocycles. The summed E-state index contributed by atoms with van der Waals surface area (Å²) in [6.45, 7) is 0.254. The number of aliphatic hydroxyl groups excluding tert-OH is 1. The number of carbonyl (C=O) groups excluding carboxylic acids is 1. The molecule has 3 rings (SSSR count). The maximum absolute atomic E-state index is 12.2. The number of para-hydroxylation sites is 1. The van der Waals surface area contributed by atoms with Crippen LogP contribution >= 0.6 is 0 Å². The fourth-order valence-corrected chi connectivity index (χ4v) is 2.84. The highest BCUT2D eigenvalue weighted by Gasteiger charge is 2.23. The smallest absolute Gasteiger partial charge is 0.287 e. The Bertz CT molecular complexity index is 564. The molecule has 0 radical (unpaired) electrons. The number of hydrogen-bond donors (Lipinski definition) is 2. The summed E-state index contributed by atoms with van der Waals surface area (Å²) in [6.07, 6.45) is 3.80. The van der Waals surface area contributed by atoms with Crippen molar-refractivity contribution in [3.8, 4) is 0 Å². The van der Waals surface area contributed by atoms with E-state index < -0.39 is 0 Å².